The van der Waals surface area contributed by atoms with Gasteiger partial charge in [-0.15, -0.1) is 0 Å². The maximum Gasteiger partial charge on any atom is 0.0826 e. The fourth-order valence-electron chi connectivity index (χ4n) is 4.04. The lowest BCUT2D eigenvalue weighted by Crippen LogP contribution is -2.49. The first-order valence-corrected chi connectivity index (χ1v) is 7.91. The van der Waals surface area contributed by atoms with Crippen LogP contribution in [0.25, 0.3) is 0 Å². The predicted molar refractivity (Wildman–Crippen MR) is 73.8 cm³/mol. The lowest BCUT2D eigenvalue weighted by Gasteiger charge is -2.45. The van der Waals surface area contributed by atoms with Gasteiger partial charge in [-0.25, -0.2) is 0 Å². The van der Waals surface area contributed by atoms with Crippen LogP contribution in [0.1, 0.15) is 44.9 Å². The lowest BCUT2D eigenvalue weighted by molar-refractivity contribution is -0.0130. The van der Waals surface area contributed by atoms with Gasteiger partial charge in [-0.2, -0.15) is 0 Å². The van der Waals surface area contributed by atoms with Crippen LogP contribution in [0.2, 0.25) is 0 Å². The zero-order chi connectivity index (χ0) is 12.3. The zero-order valence-electron chi connectivity index (χ0n) is 11.6. The Balaban J connectivity index is 1.44. The number of nitrogens with zero attached hydrogens (tertiary/aromatic N) is 1. The van der Waals surface area contributed by atoms with Gasteiger partial charge in [0.25, 0.3) is 0 Å². The molecule has 1 spiro atoms. The molecule has 0 amide bonds. The van der Waals surface area contributed by atoms with Gasteiger partial charge < -0.3 is 15.0 Å². The van der Waals surface area contributed by atoms with Gasteiger partial charge in [0.2, 0.25) is 0 Å². The molecule has 3 fully saturated rings. The predicted octanol–water partition coefficient (Wildman–Crippen LogP) is 2.02. The van der Waals surface area contributed by atoms with E-state index in [0.29, 0.717) is 6.10 Å². The van der Waals surface area contributed by atoms with E-state index in [1.807, 2.05) is 0 Å². The van der Waals surface area contributed by atoms with Gasteiger partial charge in [0.1, 0.15) is 0 Å². The summed E-state index contributed by atoms with van der Waals surface area (Å²) in [5.74, 6) is 0. The summed E-state index contributed by atoms with van der Waals surface area (Å²) in [6.45, 7) is 6.71. The summed E-state index contributed by atoms with van der Waals surface area (Å²) in [7, 11) is 0. The molecule has 1 unspecified atom stereocenters. The third-order valence-electron chi connectivity index (χ3n) is 5.30. The van der Waals surface area contributed by atoms with Gasteiger partial charge in [0.05, 0.1) is 12.7 Å². The number of hydrogen-bond acceptors (Lipinski definition) is 3. The Morgan fingerprint density at radius 1 is 1.06 bits per heavy atom. The Morgan fingerprint density at radius 2 is 1.83 bits per heavy atom. The Morgan fingerprint density at radius 3 is 2.50 bits per heavy atom. The van der Waals surface area contributed by atoms with Crippen molar-refractivity contribution in [2.45, 2.75) is 51.0 Å². The highest BCUT2D eigenvalue weighted by Crippen LogP contribution is 2.44. The molecule has 0 aromatic carbocycles. The second kappa shape index (κ2) is 5.89. The molecule has 2 saturated heterocycles. The standard InChI is InChI=1S/C15H28N2O/c1-2-4-15(5-3-1)6-9-17(10-7-15)13-14-12-16-8-11-18-14/h14,16H,1-13H2. The molecule has 0 bridgehead atoms. The molecule has 3 heteroatoms. The molecule has 104 valence electrons. The number of hydrogen-bond donors (Lipinski definition) is 1. The first-order chi connectivity index (χ1) is 8.86. The molecule has 2 aliphatic heterocycles. The molecule has 0 aromatic rings. The second-order valence-electron chi connectivity index (χ2n) is 6.56. The van der Waals surface area contributed by atoms with Crippen molar-refractivity contribution >= 4 is 0 Å². The maximum atomic E-state index is 5.81. The van der Waals surface area contributed by atoms with Crippen LogP contribution in [-0.4, -0.2) is 50.3 Å². The second-order valence-corrected chi connectivity index (χ2v) is 6.56. The highest BCUT2D eigenvalue weighted by atomic mass is 16.5. The topological polar surface area (TPSA) is 24.5 Å². The van der Waals surface area contributed by atoms with Gasteiger partial charge in [-0.05, 0) is 44.2 Å². The molecule has 0 radical (unpaired) electrons. The van der Waals surface area contributed by atoms with Gasteiger partial charge in [-0.1, -0.05) is 19.3 Å². The zero-order valence-corrected chi connectivity index (χ0v) is 11.6. The normalized spacial score (nSPS) is 33.7. The van der Waals surface area contributed by atoms with Crippen molar-refractivity contribution in [3.63, 3.8) is 0 Å². The fraction of sp³-hybridized carbons (Fsp3) is 1.00. The molecular weight excluding hydrogens is 224 g/mol. The van der Waals surface area contributed by atoms with Crippen LogP contribution in [0.4, 0.5) is 0 Å². The van der Waals surface area contributed by atoms with Crippen molar-refractivity contribution in [1.29, 1.82) is 0 Å². The Bertz CT molecular complexity index is 247. The van der Waals surface area contributed by atoms with E-state index >= 15 is 0 Å². The third-order valence-corrected chi connectivity index (χ3v) is 5.30. The number of likely N-dealkylation sites (tertiary alicyclic amines) is 1. The van der Waals surface area contributed by atoms with E-state index in [2.05, 4.69) is 10.2 Å². The lowest BCUT2D eigenvalue weighted by atomic mass is 9.68. The molecule has 2 heterocycles. The molecule has 1 N–H and O–H groups in total. The maximum absolute atomic E-state index is 5.81. The summed E-state index contributed by atoms with van der Waals surface area (Å²) in [5, 5.41) is 3.43. The highest BCUT2D eigenvalue weighted by Gasteiger charge is 2.35. The highest BCUT2D eigenvalue weighted by molar-refractivity contribution is 4.89. The van der Waals surface area contributed by atoms with Gasteiger partial charge in [0, 0.05) is 19.6 Å². The summed E-state index contributed by atoms with van der Waals surface area (Å²) in [5.41, 5.74) is 0.737. The summed E-state index contributed by atoms with van der Waals surface area (Å²) in [6, 6.07) is 0. The monoisotopic (exact) mass is 252 g/mol. The van der Waals surface area contributed by atoms with Gasteiger partial charge in [0.15, 0.2) is 0 Å². The molecule has 1 atom stereocenters. The Kier molecular flexibility index (Phi) is 4.22. The van der Waals surface area contributed by atoms with Crippen LogP contribution in [0, 0.1) is 5.41 Å². The quantitative estimate of drug-likeness (QED) is 0.814. The Hall–Kier alpha value is -0.120. The molecular formula is C15H28N2O. The summed E-state index contributed by atoms with van der Waals surface area (Å²) in [6.07, 6.45) is 10.8. The molecule has 3 aliphatic rings. The van der Waals surface area contributed by atoms with Crippen molar-refractivity contribution in [2.24, 2.45) is 5.41 Å². The van der Waals surface area contributed by atoms with Crippen molar-refractivity contribution in [3.05, 3.63) is 0 Å². The van der Waals surface area contributed by atoms with Gasteiger partial charge in [-0.3, -0.25) is 0 Å². The minimum Gasteiger partial charge on any atom is -0.374 e. The van der Waals surface area contributed by atoms with Crippen molar-refractivity contribution in [3.8, 4) is 0 Å². The molecule has 1 aliphatic carbocycles. The third kappa shape index (κ3) is 3.06. The van der Waals surface area contributed by atoms with E-state index in [1.165, 1.54) is 58.0 Å². The van der Waals surface area contributed by atoms with Crippen LogP contribution in [0.3, 0.4) is 0 Å². The molecule has 3 nitrogen and oxygen atoms in total. The molecule has 0 aromatic heterocycles. The largest absolute Gasteiger partial charge is 0.374 e. The van der Waals surface area contributed by atoms with Crippen LogP contribution in [-0.2, 0) is 4.74 Å². The number of ether oxygens (including phenoxy) is 1. The van der Waals surface area contributed by atoms with E-state index in [-0.39, 0.29) is 0 Å². The first kappa shape index (κ1) is 12.9. The fourth-order valence-corrected chi connectivity index (χ4v) is 4.04. The van der Waals surface area contributed by atoms with Crippen LogP contribution in [0.15, 0.2) is 0 Å². The van der Waals surface area contributed by atoms with Crippen LogP contribution >= 0.6 is 0 Å². The summed E-state index contributed by atoms with van der Waals surface area (Å²) < 4.78 is 5.81. The number of nitrogens with one attached hydrogen (secondary N) is 1. The van der Waals surface area contributed by atoms with Crippen LogP contribution < -0.4 is 5.32 Å². The molecule has 3 rings (SSSR count). The van der Waals surface area contributed by atoms with Crippen LogP contribution in [0.5, 0.6) is 0 Å². The average molecular weight is 252 g/mol. The summed E-state index contributed by atoms with van der Waals surface area (Å²) in [4.78, 5) is 2.64. The van der Waals surface area contributed by atoms with E-state index in [1.54, 1.807) is 0 Å². The number of piperidine rings is 1. The molecule has 1 saturated carbocycles. The number of morpholine rings is 1. The average Bonchev–Trinajstić information content (AvgIpc) is 2.44. The minimum atomic E-state index is 0.430. The van der Waals surface area contributed by atoms with Crippen molar-refractivity contribution in [2.75, 3.05) is 39.3 Å². The smallest absolute Gasteiger partial charge is 0.0826 e. The van der Waals surface area contributed by atoms with E-state index in [0.717, 1.165) is 31.7 Å². The van der Waals surface area contributed by atoms with Gasteiger partial charge >= 0.3 is 0 Å². The minimum absolute atomic E-state index is 0.430. The number of rotatable bonds is 2. The van der Waals surface area contributed by atoms with E-state index < -0.39 is 0 Å². The van der Waals surface area contributed by atoms with Crippen molar-refractivity contribution in [1.82, 2.24) is 10.2 Å². The first-order valence-electron chi connectivity index (χ1n) is 7.91. The SMILES string of the molecule is C1CCC2(CC1)CCN(CC1CNCCO1)CC2. The van der Waals surface area contributed by atoms with E-state index in [4.69, 9.17) is 4.74 Å². The Labute approximate surface area is 111 Å². The summed E-state index contributed by atoms with van der Waals surface area (Å²) >= 11 is 0. The molecule has 18 heavy (non-hydrogen) atoms. The van der Waals surface area contributed by atoms with Crippen molar-refractivity contribution < 1.29 is 4.74 Å². The van der Waals surface area contributed by atoms with E-state index in [9.17, 15) is 0 Å².